The topological polar surface area (TPSA) is 89.3 Å². The first-order valence-corrected chi connectivity index (χ1v) is 8.16. The normalized spacial score (nSPS) is 17.4. The zero-order chi connectivity index (χ0) is 14.8. The van der Waals surface area contributed by atoms with Crippen LogP contribution in [0.2, 0.25) is 0 Å². The zero-order valence-corrected chi connectivity index (χ0v) is 12.1. The lowest BCUT2D eigenvalue weighted by molar-refractivity contribution is -0.385. The molecule has 1 aliphatic rings. The zero-order valence-electron chi connectivity index (χ0n) is 11.3. The molecule has 1 saturated carbocycles. The third-order valence-corrected chi connectivity index (χ3v) is 5.09. The molecule has 110 valence electrons. The van der Waals surface area contributed by atoms with E-state index < -0.39 is 14.9 Å². The van der Waals surface area contributed by atoms with Crippen molar-refractivity contribution in [1.82, 2.24) is 4.72 Å². The van der Waals surface area contributed by atoms with Crippen LogP contribution in [0.5, 0.6) is 0 Å². The Labute approximate surface area is 118 Å². The van der Waals surface area contributed by atoms with Crippen molar-refractivity contribution in [2.75, 3.05) is 6.54 Å². The number of hydrogen-bond donors (Lipinski definition) is 1. The van der Waals surface area contributed by atoms with Gasteiger partial charge in [-0.3, -0.25) is 10.1 Å². The largest absolute Gasteiger partial charge is 0.273 e. The van der Waals surface area contributed by atoms with Gasteiger partial charge in [0.15, 0.2) is 0 Å². The second-order valence-electron chi connectivity index (χ2n) is 5.63. The van der Waals surface area contributed by atoms with Crippen molar-refractivity contribution in [3.63, 3.8) is 0 Å². The molecule has 6 nitrogen and oxygen atoms in total. The van der Waals surface area contributed by atoms with Gasteiger partial charge in [0.25, 0.3) is 5.69 Å². The molecule has 7 heteroatoms. The average Bonchev–Trinajstić information content (AvgIpc) is 2.34. The van der Waals surface area contributed by atoms with Crippen LogP contribution in [-0.2, 0) is 15.8 Å². The molecule has 1 N–H and O–H groups in total. The second-order valence-corrected chi connectivity index (χ2v) is 7.44. The predicted molar refractivity (Wildman–Crippen MR) is 75.7 cm³/mol. The van der Waals surface area contributed by atoms with Crippen LogP contribution in [0.1, 0.15) is 31.7 Å². The van der Waals surface area contributed by atoms with Crippen LogP contribution in [0.15, 0.2) is 24.3 Å². The molecule has 0 spiro atoms. The fraction of sp³-hybridized carbons (Fsp3) is 0.538. The van der Waals surface area contributed by atoms with Crippen molar-refractivity contribution in [3.05, 3.63) is 39.9 Å². The molecule has 1 aliphatic carbocycles. The monoisotopic (exact) mass is 298 g/mol. The number of rotatable bonds is 6. The number of benzene rings is 1. The summed E-state index contributed by atoms with van der Waals surface area (Å²) in [5.74, 6) is -0.361. The van der Waals surface area contributed by atoms with E-state index in [0.717, 1.165) is 19.3 Å². The summed E-state index contributed by atoms with van der Waals surface area (Å²) >= 11 is 0. The molecule has 0 heterocycles. The van der Waals surface area contributed by atoms with Crippen LogP contribution in [0, 0.1) is 15.5 Å². The Balaban J connectivity index is 2.06. The average molecular weight is 298 g/mol. The Hall–Kier alpha value is -1.47. The molecular formula is C13H18N2O4S. The first-order chi connectivity index (χ1) is 9.31. The Bertz CT molecular complexity index is 609. The highest BCUT2D eigenvalue weighted by Gasteiger charge is 2.33. The summed E-state index contributed by atoms with van der Waals surface area (Å²) in [5.41, 5.74) is 0.0897. The number of sulfonamides is 1. The smallest absolute Gasteiger partial charge is 0.258 e. The standard InChI is InChI=1S/C13H18N2O4S/c1-13(7-4-8-13)10-14-20(18,19)9-11-5-2-3-6-12(11)15(16)17/h2-3,5-6,14H,4,7-10H2,1H3. The number of nitrogens with one attached hydrogen (secondary N) is 1. The van der Waals surface area contributed by atoms with Crippen LogP contribution in [0.3, 0.4) is 0 Å². The number of hydrogen-bond acceptors (Lipinski definition) is 4. The summed E-state index contributed by atoms with van der Waals surface area (Å²) in [7, 11) is -3.55. The van der Waals surface area contributed by atoms with Crippen molar-refractivity contribution in [1.29, 1.82) is 0 Å². The van der Waals surface area contributed by atoms with Crippen LogP contribution in [0.4, 0.5) is 5.69 Å². The summed E-state index contributed by atoms with van der Waals surface area (Å²) in [6.45, 7) is 2.44. The van der Waals surface area contributed by atoms with E-state index in [1.165, 1.54) is 18.2 Å². The molecular weight excluding hydrogens is 280 g/mol. The van der Waals surface area contributed by atoms with Crippen molar-refractivity contribution in [3.8, 4) is 0 Å². The van der Waals surface area contributed by atoms with Gasteiger partial charge in [0.05, 0.1) is 10.7 Å². The van der Waals surface area contributed by atoms with Gasteiger partial charge in [-0.2, -0.15) is 0 Å². The van der Waals surface area contributed by atoms with Crippen LogP contribution >= 0.6 is 0 Å². The fourth-order valence-electron chi connectivity index (χ4n) is 2.31. The predicted octanol–water partition coefficient (Wildman–Crippen LogP) is 2.20. The molecule has 1 aromatic carbocycles. The maximum atomic E-state index is 12.0. The molecule has 0 atom stereocenters. The summed E-state index contributed by atoms with van der Waals surface area (Å²) in [6, 6.07) is 5.92. The first-order valence-electron chi connectivity index (χ1n) is 6.51. The lowest BCUT2D eigenvalue weighted by Gasteiger charge is -2.38. The van der Waals surface area contributed by atoms with Crippen LogP contribution in [0.25, 0.3) is 0 Å². The maximum absolute atomic E-state index is 12.0. The van der Waals surface area contributed by atoms with Gasteiger partial charge in [-0.15, -0.1) is 0 Å². The highest BCUT2D eigenvalue weighted by Crippen LogP contribution is 2.39. The minimum Gasteiger partial charge on any atom is -0.258 e. The van der Waals surface area contributed by atoms with E-state index in [1.54, 1.807) is 6.07 Å². The molecule has 0 radical (unpaired) electrons. The van der Waals surface area contributed by atoms with Crippen molar-refractivity contribution < 1.29 is 13.3 Å². The van der Waals surface area contributed by atoms with E-state index in [1.807, 2.05) is 6.92 Å². The second kappa shape index (κ2) is 5.49. The quantitative estimate of drug-likeness (QED) is 0.644. The molecule has 0 unspecified atom stereocenters. The number of nitrogens with zero attached hydrogens (tertiary/aromatic N) is 1. The molecule has 2 rings (SSSR count). The summed E-state index contributed by atoms with van der Waals surface area (Å²) in [4.78, 5) is 10.3. The Morgan fingerprint density at radius 1 is 1.35 bits per heavy atom. The van der Waals surface area contributed by atoms with E-state index in [9.17, 15) is 18.5 Å². The Kier molecular flexibility index (Phi) is 4.10. The number of nitro benzene ring substituents is 1. The van der Waals surface area contributed by atoms with Crippen molar-refractivity contribution >= 4 is 15.7 Å². The molecule has 0 aliphatic heterocycles. The van der Waals surface area contributed by atoms with Gasteiger partial charge in [-0.1, -0.05) is 31.5 Å². The van der Waals surface area contributed by atoms with E-state index in [0.29, 0.717) is 6.54 Å². The number of nitro groups is 1. The minimum atomic E-state index is -3.55. The van der Waals surface area contributed by atoms with Gasteiger partial charge in [-0.05, 0) is 18.3 Å². The van der Waals surface area contributed by atoms with Crippen LogP contribution < -0.4 is 4.72 Å². The van der Waals surface area contributed by atoms with E-state index in [-0.39, 0.29) is 22.4 Å². The van der Waals surface area contributed by atoms with Gasteiger partial charge in [0, 0.05) is 18.2 Å². The van der Waals surface area contributed by atoms with Crippen molar-refractivity contribution in [2.24, 2.45) is 5.41 Å². The van der Waals surface area contributed by atoms with Gasteiger partial charge in [0.1, 0.15) is 0 Å². The van der Waals surface area contributed by atoms with Gasteiger partial charge in [0.2, 0.25) is 10.0 Å². The van der Waals surface area contributed by atoms with Gasteiger partial charge < -0.3 is 0 Å². The molecule has 20 heavy (non-hydrogen) atoms. The molecule has 0 bridgehead atoms. The number of para-hydroxylation sites is 1. The third-order valence-electron chi connectivity index (χ3n) is 3.81. The third kappa shape index (κ3) is 3.55. The molecule has 0 saturated heterocycles. The molecule has 1 fully saturated rings. The molecule has 0 aromatic heterocycles. The maximum Gasteiger partial charge on any atom is 0.273 e. The van der Waals surface area contributed by atoms with Crippen molar-refractivity contribution in [2.45, 2.75) is 31.9 Å². The molecule has 0 amide bonds. The summed E-state index contributed by atoms with van der Waals surface area (Å²) < 4.78 is 26.6. The minimum absolute atomic E-state index is 0.0374. The summed E-state index contributed by atoms with van der Waals surface area (Å²) in [6.07, 6.45) is 3.16. The van der Waals surface area contributed by atoms with E-state index >= 15 is 0 Å². The van der Waals surface area contributed by atoms with Gasteiger partial charge >= 0.3 is 0 Å². The lowest BCUT2D eigenvalue weighted by Crippen LogP contribution is -2.40. The molecule has 1 aromatic rings. The SMILES string of the molecule is CC1(CNS(=O)(=O)Cc2ccccc2[N+](=O)[O-])CCC1. The fourth-order valence-corrected chi connectivity index (χ4v) is 3.63. The van der Waals surface area contributed by atoms with Crippen LogP contribution in [-0.4, -0.2) is 19.9 Å². The Morgan fingerprint density at radius 3 is 2.55 bits per heavy atom. The summed E-state index contributed by atoms with van der Waals surface area (Å²) in [5, 5.41) is 10.9. The van der Waals surface area contributed by atoms with E-state index in [4.69, 9.17) is 0 Å². The lowest BCUT2D eigenvalue weighted by atomic mass is 9.71. The first kappa shape index (κ1) is 14.9. The van der Waals surface area contributed by atoms with Gasteiger partial charge in [-0.25, -0.2) is 13.1 Å². The highest BCUT2D eigenvalue weighted by atomic mass is 32.2. The van der Waals surface area contributed by atoms with E-state index in [2.05, 4.69) is 4.72 Å². The Morgan fingerprint density at radius 2 is 2.00 bits per heavy atom. The highest BCUT2D eigenvalue weighted by molar-refractivity contribution is 7.88.